The molecule has 3 heterocycles. The SMILES string of the molecule is Cc1ccc2c(c1)OCC(CN1CCC(n3c(=O)[nH]c4cc(Cl)c(Cl)cc43)CC1)O2. The van der Waals surface area contributed by atoms with Crippen LogP contribution >= 0.6 is 23.2 Å². The minimum absolute atomic E-state index is 0.00789. The van der Waals surface area contributed by atoms with E-state index in [4.69, 9.17) is 32.7 Å². The minimum atomic E-state index is -0.113. The number of likely N-dealkylation sites (tertiary alicyclic amines) is 1. The van der Waals surface area contributed by atoms with Crippen LogP contribution in [0.15, 0.2) is 35.1 Å². The highest BCUT2D eigenvalue weighted by molar-refractivity contribution is 6.42. The van der Waals surface area contributed by atoms with Crippen LogP contribution in [0.4, 0.5) is 0 Å². The van der Waals surface area contributed by atoms with Crippen LogP contribution in [0.2, 0.25) is 10.0 Å². The van der Waals surface area contributed by atoms with Crippen LogP contribution < -0.4 is 15.2 Å². The van der Waals surface area contributed by atoms with E-state index in [-0.39, 0.29) is 17.8 Å². The fraction of sp³-hybridized carbons (Fsp3) is 0.409. The molecule has 0 radical (unpaired) electrons. The number of aromatic amines is 1. The van der Waals surface area contributed by atoms with Crippen LogP contribution in [0.3, 0.4) is 0 Å². The maximum atomic E-state index is 12.6. The molecule has 0 aliphatic carbocycles. The molecule has 2 aliphatic heterocycles. The lowest BCUT2D eigenvalue weighted by molar-refractivity contribution is 0.0485. The van der Waals surface area contributed by atoms with Crippen molar-refractivity contribution in [3.05, 3.63) is 56.4 Å². The maximum Gasteiger partial charge on any atom is 0.326 e. The number of fused-ring (bicyclic) bond motifs is 2. The first kappa shape index (κ1) is 19.8. The van der Waals surface area contributed by atoms with Crippen LogP contribution in [0, 0.1) is 6.92 Å². The summed E-state index contributed by atoms with van der Waals surface area (Å²) in [5.41, 5.74) is 2.58. The van der Waals surface area contributed by atoms with Crippen LogP contribution in [-0.4, -0.2) is 46.8 Å². The van der Waals surface area contributed by atoms with Gasteiger partial charge in [-0.05, 0) is 49.6 Å². The predicted molar refractivity (Wildman–Crippen MR) is 118 cm³/mol. The largest absolute Gasteiger partial charge is 0.486 e. The van der Waals surface area contributed by atoms with Crippen LogP contribution in [0.1, 0.15) is 24.4 Å². The number of imidazole rings is 1. The molecule has 2 aromatic carbocycles. The molecule has 0 amide bonds. The molecule has 2 aliphatic rings. The Balaban J connectivity index is 1.25. The molecule has 1 fully saturated rings. The Bertz CT molecular complexity index is 1150. The molecule has 0 bridgehead atoms. The molecule has 3 aromatic rings. The molecule has 5 rings (SSSR count). The van der Waals surface area contributed by atoms with Gasteiger partial charge < -0.3 is 14.5 Å². The Morgan fingerprint density at radius 1 is 1.10 bits per heavy atom. The lowest BCUT2D eigenvalue weighted by Gasteiger charge is -2.36. The van der Waals surface area contributed by atoms with E-state index >= 15 is 0 Å². The summed E-state index contributed by atoms with van der Waals surface area (Å²) in [5, 5.41) is 0.901. The summed E-state index contributed by atoms with van der Waals surface area (Å²) in [6, 6.07) is 9.64. The summed E-state index contributed by atoms with van der Waals surface area (Å²) in [4.78, 5) is 17.8. The molecule has 1 atom stereocenters. The van der Waals surface area contributed by atoms with Crippen LogP contribution in [-0.2, 0) is 0 Å². The van der Waals surface area contributed by atoms with E-state index in [1.165, 1.54) is 0 Å². The Labute approximate surface area is 184 Å². The van der Waals surface area contributed by atoms with E-state index in [1.807, 2.05) is 29.7 Å². The highest BCUT2D eigenvalue weighted by Crippen LogP contribution is 2.33. The Morgan fingerprint density at radius 2 is 1.87 bits per heavy atom. The molecule has 0 saturated carbocycles. The quantitative estimate of drug-likeness (QED) is 0.645. The van der Waals surface area contributed by atoms with E-state index in [9.17, 15) is 4.79 Å². The average Bonchev–Trinajstić information content (AvgIpc) is 3.04. The van der Waals surface area contributed by atoms with Gasteiger partial charge in [-0.3, -0.25) is 9.47 Å². The van der Waals surface area contributed by atoms with Crippen molar-refractivity contribution in [1.29, 1.82) is 0 Å². The van der Waals surface area contributed by atoms with E-state index in [1.54, 1.807) is 12.1 Å². The molecule has 30 heavy (non-hydrogen) atoms. The van der Waals surface area contributed by atoms with Crippen LogP contribution in [0.25, 0.3) is 11.0 Å². The first-order valence-electron chi connectivity index (χ1n) is 10.2. The summed E-state index contributed by atoms with van der Waals surface area (Å²) < 4.78 is 13.9. The second-order valence-electron chi connectivity index (χ2n) is 8.12. The second kappa shape index (κ2) is 7.84. The zero-order chi connectivity index (χ0) is 20.8. The van der Waals surface area contributed by atoms with Gasteiger partial charge in [0.05, 0.1) is 21.1 Å². The van der Waals surface area contributed by atoms with Crippen LogP contribution in [0.5, 0.6) is 11.5 Å². The van der Waals surface area contributed by atoms with E-state index in [0.29, 0.717) is 16.7 Å². The van der Waals surface area contributed by atoms with Gasteiger partial charge >= 0.3 is 5.69 Å². The standard InChI is InChI=1S/C22H23Cl2N3O3/c1-13-2-3-20-21(8-13)29-12-15(30-20)11-26-6-4-14(5-7-26)27-19-10-17(24)16(23)9-18(19)25-22(27)28/h2-3,8-10,14-15H,4-7,11-12H2,1H3,(H,25,28). The van der Waals surface area contributed by atoms with Gasteiger partial charge in [0.25, 0.3) is 0 Å². The van der Waals surface area contributed by atoms with Gasteiger partial charge in [-0.2, -0.15) is 0 Å². The lowest BCUT2D eigenvalue weighted by atomic mass is 10.0. The van der Waals surface area contributed by atoms with Gasteiger partial charge in [0.1, 0.15) is 12.7 Å². The smallest absolute Gasteiger partial charge is 0.326 e. The molecular formula is C22H23Cl2N3O3. The lowest BCUT2D eigenvalue weighted by Crippen LogP contribution is -2.45. The molecule has 8 heteroatoms. The highest BCUT2D eigenvalue weighted by atomic mass is 35.5. The first-order valence-corrected chi connectivity index (χ1v) is 11.0. The molecule has 1 unspecified atom stereocenters. The summed E-state index contributed by atoms with van der Waals surface area (Å²) in [5.74, 6) is 1.63. The molecule has 1 saturated heterocycles. The summed E-state index contributed by atoms with van der Waals surface area (Å²) in [6.07, 6.45) is 1.78. The van der Waals surface area contributed by atoms with Crippen molar-refractivity contribution >= 4 is 34.2 Å². The number of hydrogen-bond acceptors (Lipinski definition) is 4. The zero-order valence-corrected chi connectivity index (χ0v) is 18.2. The topological polar surface area (TPSA) is 59.5 Å². The maximum absolute atomic E-state index is 12.6. The molecule has 0 spiro atoms. The number of nitrogens with zero attached hydrogens (tertiary/aromatic N) is 2. The average molecular weight is 448 g/mol. The number of ether oxygens (including phenoxy) is 2. The molecule has 158 valence electrons. The Kier molecular flexibility index (Phi) is 5.17. The van der Waals surface area contributed by atoms with Crippen molar-refractivity contribution in [2.24, 2.45) is 0 Å². The van der Waals surface area contributed by atoms with Crippen molar-refractivity contribution < 1.29 is 9.47 Å². The molecule has 1 N–H and O–H groups in total. The van der Waals surface area contributed by atoms with E-state index in [0.717, 1.165) is 60.6 Å². The number of rotatable bonds is 3. The second-order valence-corrected chi connectivity index (χ2v) is 8.93. The molecular weight excluding hydrogens is 425 g/mol. The van der Waals surface area contributed by atoms with Gasteiger partial charge in [0, 0.05) is 25.7 Å². The van der Waals surface area contributed by atoms with Gasteiger partial charge in [-0.1, -0.05) is 29.3 Å². The summed E-state index contributed by atoms with van der Waals surface area (Å²) in [6.45, 7) is 5.20. The van der Waals surface area contributed by atoms with Gasteiger partial charge in [-0.15, -0.1) is 0 Å². The fourth-order valence-electron chi connectivity index (χ4n) is 4.44. The van der Waals surface area contributed by atoms with Crippen molar-refractivity contribution in [3.63, 3.8) is 0 Å². The zero-order valence-electron chi connectivity index (χ0n) is 16.7. The Hall–Kier alpha value is -2.15. The van der Waals surface area contributed by atoms with E-state index in [2.05, 4.69) is 9.88 Å². The predicted octanol–water partition coefficient (Wildman–Crippen LogP) is 4.42. The molecule has 1 aromatic heterocycles. The highest BCUT2D eigenvalue weighted by Gasteiger charge is 2.28. The van der Waals surface area contributed by atoms with E-state index < -0.39 is 0 Å². The van der Waals surface area contributed by atoms with Crippen molar-refractivity contribution in [3.8, 4) is 11.5 Å². The number of benzene rings is 2. The van der Waals surface area contributed by atoms with Gasteiger partial charge in [0.15, 0.2) is 11.5 Å². The number of halogens is 2. The summed E-state index contributed by atoms with van der Waals surface area (Å²) >= 11 is 12.3. The number of nitrogens with one attached hydrogen (secondary N) is 1. The van der Waals surface area contributed by atoms with Crippen molar-refractivity contribution in [1.82, 2.24) is 14.5 Å². The minimum Gasteiger partial charge on any atom is -0.486 e. The fourth-order valence-corrected chi connectivity index (χ4v) is 4.76. The third-order valence-electron chi connectivity index (χ3n) is 5.96. The third-order valence-corrected chi connectivity index (χ3v) is 6.68. The third kappa shape index (κ3) is 3.68. The summed E-state index contributed by atoms with van der Waals surface area (Å²) in [7, 11) is 0. The van der Waals surface area contributed by atoms with Crippen molar-refractivity contribution in [2.75, 3.05) is 26.2 Å². The number of H-pyrrole nitrogens is 1. The first-order chi connectivity index (χ1) is 14.5. The molecule has 6 nitrogen and oxygen atoms in total. The number of aromatic nitrogens is 2. The monoisotopic (exact) mass is 447 g/mol. The van der Waals surface area contributed by atoms with Gasteiger partial charge in [0.2, 0.25) is 0 Å². The van der Waals surface area contributed by atoms with Gasteiger partial charge in [-0.25, -0.2) is 4.79 Å². The Morgan fingerprint density at radius 3 is 2.67 bits per heavy atom. The number of hydrogen-bond donors (Lipinski definition) is 1. The van der Waals surface area contributed by atoms with Crippen molar-refractivity contribution in [2.45, 2.75) is 31.9 Å². The number of aryl methyl sites for hydroxylation is 1. The number of piperidine rings is 1. The normalized spacial score (nSPS) is 20.0.